The predicted octanol–water partition coefficient (Wildman–Crippen LogP) is 4.90. The van der Waals surface area contributed by atoms with Crippen LogP contribution in [0, 0.1) is 0 Å². The Morgan fingerprint density at radius 1 is 0.727 bits per heavy atom. The Morgan fingerprint density at radius 2 is 1.30 bits per heavy atom. The normalized spacial score (nSPS) is 24.3. The van der Waals surface area contributed by atoms with Gasteiger partial charge in [-0.15, -0.1) is 0 Å². The van der Waals surface area contributed by atoms with Crippen molar-refractivity contribution in [2.24, 2.45) is 0 Å². The van der Waals surface area contributed by atoms with E-state index in [0.717, 1.165) is 16.2 Å². The van der Waals surface area contributed by atoms with Gasteiger partial charge in [0.2, 0.25) is 6.10 Å². The number of benzene rings is 4. The summed E-state index contributed by atoms with van der Waals surface area (Å²) < 4.78 is 84.0. The van der Waals surface area contributed by atoms with Crippen LogP contribution in [0.4, 0.5) is 26.3 Å². The van der Waals surface area contributed by atoms with Crippen molar-refractivity contribution in [3.05, 3.63) is 59.7 Å². The molecule has 4 aromatic carbocycles. The van der Waals surface area contributed by atoms with Gasteiger partial charge in [0.25, 0.3) is 0 Å². The zero-order valence-corrected chi connectivity index (χ0v) is 16.5. The Bertz CT molecular complexity index is 1320. The van der Waals surface area contributed by atoms with Gasteiger partial charge in [-0.25, -0.2) is 0 Å². The van der Waals surface area contributed by atoms with E-state index in [1.54, 1.807) is 18.2 Å². The summed E-state index contributed by atoms with van der Waals surface area (Å²) in [5, 5.41) is 34.9. The SMILES string of the molecule is O[C@@H]1[C@@H](O)[C@@H](OC(C(F)(F)F)C(F)(F)F)c2c(cc3ccc4cccc5ccc2c3c45)[C@H]1O. The van der Waals surface area contributed by atoms with Crippen LogP contribution in [0.3, 0.4) is 0 Å². The lowest BCUT2D eigenvalue weighted by Gasteiger charge is -2.40. The molecule has 0 unspecified atom stereocenters. The second-order valence-electron chi connectivity index (χ2n) is 8.18. The fraction of sp³-hybridized carbons (Fsp3) is 0.304. The molecule has 174 valence electrons. The lowest BCUT2D eigenvalue weighted by molar-refractivity contribution is -0.340. The van der Waals surface area contributed by atoms with Crippen LogP contribution in [-0.4, -0.2) is 46.0 Å². The quantitative estimate of drug-likeness (QED) is 0.288. The van der Waals surface area contributed by atoms with Gasteiger partial charge < -0.3 is 20.1 Å². The first kappa shape index (κ1) is 22.1. The van der Waals surface area contributed by atoms with Crippen LogP contribution in [0.25, 0.3) is 32.3 Å². The maximum atomic E-state index is 13.2. The molecule has 0 fully saturated rings. The molecule has 0 heterocycles. The first-order chi connectivity index (χ1) is 15.4. The number of ether oxygens (including phenoxy) is 1. The van der Waals surface area contributed by atoms with Gasteiger partial charge in [0.05, 0.1) is 0 Å². The maximum absolute atomic E-state index is 13.2. The van der Waals surface area contributed by atoms with Gasteiger partial charge in [-0.1, -0.05) is 42.5 Å². The van der Waals surface area contributed by atoms with E-state index in [0.29, 0.717) is 10.8 Å². The molecule has 10 heteroatoms. The number of aliphatic hydroxyl groups is 3. The molecule has 33 heavy (non-hydrogen) atoms. The van der Waals surface area contributed by atoms with Gasteiger partial charge in [-0.3, -0.25) is 0 Å². The number of halogens is 6. The highest BCUT2D eigenvalue weighted by Gasteiger charge is 2.60. The molecule has 0 spiro atoms. The minimum Gasteiger partial charge on any atom is -0.387 e. The van der Waals surface area contributed by atoms with Gasteiger partial charge in [-0.05, 0) is 49.5 Å². The molecule has 0 saturated heterocycles. The van der Waals surface area contributed by atoms with Crippen LogP contribution >= 0.6 is 0 Å². The summed E-state index contributed by atoms with van der Waals surface area (Å²) in [7, 11) is 0. The number of hydrogen-bond donors (Lipinski definition) is 3. The lowest BCUT2D eigenvalue weighted by Crippen LogP contribution is -2.50. The van der Waals surface area contributed by atoms with Gasteiger partial charge in [0.1, 0.15) is 24.4 Å². The summed E-state index contributed by atoms with van der Waals surface area (Å²) >= 11 is 0. The second-order valence-corrected chi connectivity index (χ2v) is 8.18. The van der Waals surface area contributed by atoms with E-state index in [4.69, 9.17) is 0 Å². The molecule has 0 aliphatic heterocycles. The van der Waals surface area contributed by atoms with Crippen LogP contribution in [0.15, 0.2) is 48.5 Å². The highest BCUT2D eigenvalue weighted by molar-refractivity contribution is 6.23. The molecule has 0 radical (unpaired) electrons. The van der Waals surface area contributed by atoms with Crippen molar-refractivity contribution in [2.45, 2.75) is 42.9 Å². The third kappa shape index (κ3) is 3.31. The third-order valence-corrected chi connectivity index (χ3v) is 6.19. The van der Waals surface area contributed by atoms with Gasteiger partial charge in [-0.2, -0.15) is 26.3 Å². The first-order valence-corrected chi connectivity index (χ1v) is 9.93. The Hall–Kier alpha value is -2.66. The number of fused-ring (bicyclic) bond motifs is 2. The fourth-order valence-electron chi connectivity index (χ4n) is 4.77. The maximum Gasteiger partial charge on any atom is 0.423 e. The minimum absolute atomic E-state index is 0.105. The molecular formula is C23H16F6O4. The van der Waals surface area contributed by atoms with Crippen molar-refractivity contribution in [1.29, 1.82) is 0 Å². The Balaban J connectivity index is 1.81. The third-order valence-electron chi connectivity index (χ3n) is 6.19. The van der Waals surface area contributed by atoms with Crippen LogP contribution < -0.4 is 0 Å². The van der Waals surface area contributed by atoms with Crippen LogP contribution in [0.2, 0.25) is 0 Å². The molecule has 1 aliphatic rings. The molecule has 0 amide bonds. The highest BCUT2D eigenvalue weighted by atomic mass is 19.4. The van der Waals surface area contributed by atoms with Gasteiger partial charge in [0, 0.05) is 0 Å². The van der Waals surface area contributed by atoms with Gasteiger partial charge >= 0.3 is 12.4 Å². The first-order valence-electron chi connectivity index (χ1n) is 9.93. The van der Waals surface area contributed by atoms with E-state index < -0.39 is 42.9 Å². The number of hydrogen-bond acceptors (Lipinski definition) is 4. The van der Waals surface area contributed by atoms with Crippen molar-refractivity contribution < 1.29 is 46.4 Å². The van der Waals surface area contributed by atoms with E-state index in [1.165, 1.54) is 12.1 Å². The summed E-state index contributed by atoms with van der Waals surface area (Å²) in [5.41, 5.74) is -0.323. The van der Waals surface area contributed by atoms with E-state index in [2.05, 4.69) is 4.74 Å². The summed E-state index contributed by atoms with van der Waals surface area (Å²) in [4.78, 5) is 0. The average Bonchev–Trinajstić information content (AvgIpc) is 2.74. The van der Waals surface area contributed by atoms with Crippen molar-refractivity contribution in [3.63, 3.8) is 0 Å². The summed E-state index contributed by atoms with van der Waals surface area (Å²) in [5.74, 6) is 0. The number of aliphatic hydroxyl groups excluding tert-OH is 3. The fourth-order valence-corrected chi connectivity index (χ4v) is 4.77. The van der Waals surface area contributed by atoms with Crippen molar-refractivity contribution >= 4 is 32.3 Å². The molecule has 5 rings (SSSR count). The molecule has 0 aromatic heterocycles. The lowest BCUT2D eigenvalue weighted by atomic mass is 9.78. The molecule has 0 saturated carbocycles. The second kappa shape index (κ2) is 7.17. The average molecular weight is 470 g/mol. The zero-order valence-electron chi connectivity index (χ0n) is 16.5. The summed E-state index contributed by atoms with van der Waals surface area (Å²) in [6.07, 6.45) is -24.1. The van der Waals surface area contributed by atoms with E-state index >= 15 is 0 Å². The molecule has 0 bridgehead atoms. The highest BCUT2D eigenvalue weighted by Crippen LogP contribution is 2.49. The standard InChI is InChI=1S/C23H16F6O4/c24-22(25,26)21(23(27,28)29)33-20-16-12-7-6-10-3-1-2-9-4-5-11(15(12)14(9)10)8-13(16)17(30)18(31)19(20)32/h1-8,17-21,30-32H/t17-,18+,19-,20+/m1/s1. The molecule has 4 nitrogen and oxygen atoms in total. The Kier molecular flexibility index (Phi) is 4.81. The Morgan fingerprint density at radius 3 is 1.91 bits per heavy atom. The molecule has 4 atom stereocenters. The van der Waals surface area contributed by atoms with Crippen LogP contribution in [-0.2, 0) is 4.74 Å². The molecule has 1 aliphatic carbocycles. The van der Waals surface area contributed by atoms with Crippen LogP contribution in [0.5, 0.6) is 0 Å². The van der Waals surface area contributed by atoms with E-state index in [9.17, 15) is 41.7 Å². The number of alkyl halides is 6. The molecule has 4 aromatic rings. The Labute approximate surface area is 181 Å². The van der Waals surface area contributed by atoms with Crippen LogP contribution in [0.1, 0.15) is 23.3 Å². The van der Waals surface area contributed by atoms with E-state index in [1.807, 2.05) is 18.2 Å². The van der Waals surface area contributed by atoms with Crippen molar-refractivity contribution in [2.75, 3.05) is 0 Å². The zero-order chi connectivity index (χ0) is 23.9. The number of rotatable bonds is 2. The van der Waals surface area contributed by atoms with Gasteiger partial charge in [0.15, 0.2) is 0 Å². The minimum atomic E-state index is -5.82. The summed E-state index contributed by atoms with van der Waals surface area (Å²) in [6, 6.07) is 13.5. The predicted molar refractivity (Wildman–Crippen MR) is 107 cm³/mol. The summed E-state index contributed by atoms with van der Waals surface area (Å²) in [6.45, 7) is 0. The smallest absolute Gasteiger partial charge is 0.387 e. The van der Waals surface area contributed by atoms with Crippen molar-refractivity contribution in [1.82, 2.24) is 0 Å². The molecule has 3 N–H and O–H groups in total. The van der Waals surface area contributed by atoms with Crippen molar-refractivity contribution in [3.8, 4) is 0 Å². The monoisotopic (exact) mass is 470 g/mol. The topological polar surface area (TPSA) is 69.9 Å². The largest absolute Gasteiger partial charge is 0.423 e. The molecular weight excluding hydrogens is 454 g/mol. The van der Waals surface area contributed by atoms with E-state index in [-0.39, 0.29) is 16.5 Å².